The molecular weight excluding hydrogens is 358 g/mol. The minimum atomic E-state index is -0.306. The molecule has 0 spiro atoms. The van der Waals surface area contributed by atoms with E-state index in [1.54, 1.807) is 0 Å². The van der Waals surface area contributed by atoms with E-state index < -0.39 is 0 Å². The molecule has 1 saturated heterocycles. The minimum absolute atomic E-state index is 0.0621. The quantitative estimate of drug-likeness (QED) is 0.635. The first kappa shape index (κ1) is 17.9. The number of benzene rings is 2. The molecule has 1 aliphatic heterocycles. The zero-order valence-corrected chi connectivity index (χ0v) is 16.2. The Kier molecular flexibility index (Phi) is 5.34. The zero-order chi connectivity index (χ0) is 18.6. The molecule has 27 heavy (non-hydrogen) atoms. The van der Waals surface area contributed by atoms with Gasteiger partial charge in [0.25, 0.3) is 5.22 Å². The fourth-order valence-corrected chi connectivity index (χ4v) is 4.02. The van der Waals surface area contributed by atoms with Crippen LogP contribution >= 0.6 is 11.8 Å². The number of nitrogens with one attached hydrogen (secondary N) is 1. The molecular formula is C21H23N3O2S. The second kappa shape index (κ2) is 8.05. The van der Waals surface area contributed by atoms with Crippen LogP contribution in [0.2, 0.25) is 0 Å². The van der Waals surface area contributed by atoms with Crippen molar-refractivity contribution in [2.45, 2.75) is 36.7 Å². The lowest BCUT2D eigenvalue weighted by Crippen LogP contribution is -2.29. The Bertz CT molecular complexity index is 884. The van der Waals surface area contributed by atoms with Crippen LogP contribution in [0.4, 0.5) is 11.4 Å². The molecule has 140 valence electrons. The molecule has 0 radical (unpaired) electrons. The number of rotatable bonds is 5. The lowest BCUT2D eigenvalue weighted by atomic mass is 10.1. The summed E-state index contributed by atoms with van der Waals surface area (Å²) in [4.78, 5) is 19.3. The lowest BCUT2D eigenvalue weighted by molar-refractivity contribution is -0.115. The van der Waals surface area contributed by atoms with Gasteiger partial charge in [0.2, 0.25) is 5.91 Å². The van der Waals surface area contributed by atoms with Gasteiger partial charge < -0.3 is 14.6 Å². The molecule has 0 unspecified atom stereocenters. The SMILES string of the molecule is C[C@@H](Sc1nc2ccccc2o1)C(=O)Nc1ccc(N2CCCCC2)cc1. The minimum Gasteiger partial charge on any atom is -0.431 e. The number of fused-ring (bicyclic) bond motifs is 1. The van der Waals surface area contributed by atoms with Gasteiger partial charge in [-0.25, -0.2) is 4.98 Å². The number of carbonyl (C=O) groups excluding carboxylic acids is 1. The molecule has 0 bridgehead atoms. The molecule has 1 fully saturated rings. The number of hydrogen-bond donors (Lipinski definition) is 1. The Morgan fingerprint density at radius 3 is 2.59 bits per heavy atom. The van der Waals surface area contributed by atoms with Gasteiger partial charge in [0, 0.05) is 24.5 Å². The molecule has 6 heteroatoms. The van der Waals surface area contributed by atoms with Crippen LogP contribution in [0.15, 0.2) is 58.2 Å². The van der Waals surface area contributed by atoms with Crippen LogP contribution < -0.4 is 10.2 Å². The summed E-state index contributed by atoms with van der Waals surface area (Å²) in [5.74, 6) is -0.0621. The second-order valence-corrected chi connectivity index (χ2v) is 8.08. The van der Waals surface area contributed by atoms with Gasteiger partial charge in [-0.3, -0.25) is 4.79 Å². The fraction of sp³-hybridized carbons (Fsp3) is 0.333. The van der Waals surface area contributed by atoms with Crippen LogP contribution in [0.3, 0.4) is 0 Å². The van der Waals surface area contributed by atoms with Crippen molar-refractivity contribution < 1.29 is 9.21 Å². The van der Waals surface area contributed by atoms with E-state index in [4.69, 9.17) is 4.42 Å². The van der Waals surface area contributed by atoms with Crippen LogP contribution in [0, 0.1) is 0 Å². The molecule has 1 aromatic heterocycles. The highest BCUT2D eigenvalue weighted by atomic mass is 32.2. The number of thioether (sulfide) groups is 1. The largest absolute Gasteiger partial charge is 0.431 e. The molecule has 1 amide bonds. The molecule has 2 heterocycles. The number of oxazole rings is 1. The first-order valence-electron chi connectivity index (χ1n) is 9.37. The van der Waals surface area contributed by atoms with Crippen molar-refractivity contribution in [1.82, 2.24) is 4.98 Å². The second-order valence-electron chi connectivity index (χ2n) is 6.79. The third kappa shape index (κ3) is 4.27. The van der Waals surface area contributed by atoms with Gasteiger partial charge in [-0.1, -0.05) is 23.9 Å². The highest BCUT2D eigenvalue weighted by Gasteiger charge is 2.18. The molecule has 3 aromatic rings. The van der Waals surface area contributed by atoms with Crippen molar-refractivity contribution in [2.24, 2.45) is 0 Å². The van der Waals surface area contributed by atoms with Crippen molar-refractivity contribution in [3.63, 3.8) is 0 Å². The van der Waals surface area contributed by atoms with E-state index in [1.165, 1.54) is 36.7 Å². The molecule has 1 N–H and O–H groups in total. The van der Waals surface area contributed by atoms with Gasteiger partial charge in [0.05, 0.1) is 5.25 Å². The molecule has 0 saturated carbocycles. The summed E-state index contributed by atoms with van der Waals surface area (Å²) in [7, 11) is 0. The maximum Gasteiger partial charge on any atom is 0.257 e. The molecule has 2 aromatic carbocycles. The van der Waals surface area contributed by atoms with Crippen LogP contribution in [0.1, 0.15) is 26.2 Å². The van der Waals surface area contributed by atoms with E-state index in [2.05, 4.69) is 27.3 Å². The van der Waals surface area contributed by atoms with Gasteiger partial charge in [-0.05, 0) is 62.6 Å². The Morgan fingerprint density at radius 1 is 1.11 bits per heavy atom. The summed E-state index contributed by atoms with van der Waals surface area (Å²) in [6, 6.07) is 15.7. The van der Waals surface area contributed by atoms with Crippen molar-refractivity contribution >= 4 is 40.1 Å². The third-order valence-electron chi connectivity index (χ3n) is 4.78. The van der Waals surface area contributed by atoms with E-state index in [1.807, 2.05) is 43.3 Å². The lowest BCUT2D eigenvalue weighted by Gasteiger charge is -2.28. The number of hydrogen-bond acceptors (Lipinski definition) is 5. The number of carbonyl (C=O) groups is 1. The first-order chi connectivity index (χ1) is 13.2. The average Bonchev–Trinajstić information content (AvgIpc) is 3.11. The average molecular weight is 382 g/mol. The van der Waals surface area contributed by atoms with Crippen molar-refractivity contribution in [3.05, 3.63) is 48.5 Å². The number of amides is 1. The summed E-state index contributed by atoms with van der Waals surface area (Å²) < 4.78 is 5.69. The van der Waals surface area contributed by atoms with Crippen LogP contribution in [-0.4, -0.2) is 29.2 Å². The number of anilines is 2. The van der Waals surface area contributed by atoms with E-state index in [9.17, 15) is 4.79 Å². The van der Waals surface area contributed by atoms with Gasteiger partial charge in [0.15, 0.2) is 5.58 Å². The summed E-state index contributed by atoms with van der Waals surface area (Å²) in [5, 5.41) is 3.19. The maximum absolute atomic E-state index is 12.5. The molecule has 5 nitrogen and oxygen atoms in total. The van der Waals surface area contributed by atoms with Gasteiger partial charge >= 0.3 is 0 Å². The predicted octanol–water partition coefficient (Wildman–Crippen LogP) is 4.94. The van der Waals surface area contributed by atoms with Crippen molar-refractivity contribution in [2.75, 3.05) is 23.3 Å². The third-order valence-corrected chi connectivity index (χ3v) is 5.72. The van der Waals surface area contributed by atoms with Crippen molar-refractivity contribution in [1.29, 1.82) is 0 Å². The normalized spacial score (nSPS) is 15.7. The highest BCUT2D eigenvalue weighted by Crippen LogP contribution is 2.27. The zero-order valence-electron chi connectivity index (χ0n) is 15.4. The highest BCUT2D eigenvalue weighted by molar-refractivity contribution is 8.00. The summed E-state index contributed by atoms with van der Waals surface area (Å²) in [6.45, 7) is 4.09. The number of piperidine rings is 1. The van der Waals surface area contributed by atoms with E-state index in [0.29, 0.717) is 5.22 Å². The maximum atomic E-state index is 12.5. The summed E-state index contributed by atoms with van der Waals surface area (Å²) >= 11 is 1.32. The van der Waals surface area contributed by atoms with Gasteiger partial charge in [0.1, 0.15) is 5.52 Å². The summed E-state index contributed by atoms with van der Waals surface area (Å²) in [6.07, 6.45) is 3.83. The molecule has 4 rings (SSSR count). The predicted molar refractivity (Wildman–Crippen MR) is 110 cm³/mol. The molecule has 1 aliphatic rings. The number of aromatic nitrogens is 1. The van der Waals surface area contributed by atoms with Crippen LogP contribution in [-0.2, 0) is 4.79 Å². The fourth-order valence-electron chi connectivity index (χ4n) is 3.26. The molecule has 0 aliphatic carbocycles. The number of nitrogens with zero attached hydrogens (tertiary/aromatic N) is 2. The van der Waals surface area contributed by atoms with E-state index >= 15 is 0 Å². The van der Waals surface area contributed by atoms with Gasteiger partial charge in [-0.15, -0.1) is 0 Å². The monoisotopic (exact) mass is 381 g/mol. The smallest absolute Gasteiger partial charge is 0.257 e. The Morgan fingerprint density at radius 2 is 1.85 bits per heavy atom. The Balaban J connectivity index is 1.36. The van der Waals surface area contributed by atoms with E-state index in [-0.39, 0.29) is 11.2 Å². The topological polar surface area (TPSA) is 58.4 Å². The molecule has 1 atom stereocenters. The standard InChI is InChI=1S/C21H23N3O2S/c1-15(27-21-23-18-7-3-4-8-19(18)26-21)20(25)22-16-9-11-17(12-10-16)24-13-5-2-6-14-24/h3-4,7-12,15H,2,5-6,13-14H2,1H3,(H,22,25)/t15-/m1/s1. The van der Waals surface area contributed by atoms with E-state index in [0.717, 1.165) is 29.9 Å². The van der Waals surface area contributed by atoms with Gasteiger partial charge in [-0.2, -0.15) is 0 Å². The Hall–Kier alpha value is -2.47. The Labute approximate surface area is 163 Å². The van der Waals surface area contributed by atoms with Crippen LogP contribution in [0.25, 0.3) is 11.1 Å². The summed E-state index contributed by atoms with van der Waals surface area (Å²) in [5.41, 5.74) is 3.58. The van der Waals surface area contributed by atoms with Crippen molar-refractivity contribution in [3.8, 4) is 0 Å². The number of para-hydroxylation sites is 2. The first-order valence-corrected chi connectivity index (χ1v) is 10.2. The van der Waals surface area contributed by atoms with Crippen LogP contribution in [0.5, 0.6) is 0 Å².